The van der Waals surface area contributed by atoms with Gasteiger partial charge in [0.1, 0.15) is 5.94 Å². The quantitative estimate of drug-likeness (QED) is 0.623. The lowest BCUT2D eigenvalue weighted by molar-refractivity contribution is 0.375. The third-order valence-electron chi connectivity index (χ3n) is 3.54. The minimum atomic E-state index is 0.414. The SMILES string of the molecule is NCC(=C=O)C1CC2CCC1C2. The predicted octanol–water partition coefficient (Wildman–Crippen LogP) is 1.14. The molecule has 0 aromatic rings. The highest BCUT2D eigenvalue weighted by molar-refractivity contribution is 5.54. The van der Waals surface area contributed by atoms with Crippen molar-refractivity contribution in [2.24, 2.45) is 23.5 Å². The summed E-state index contributed by atoms with van der Waals surface area (Å²) in [5, 5.41) is 0. The minimum Gasteiger partial charge on any atom is -0.326 e. The molecule has 0 radical (unpaired) electrons. The van der Waals surface area contributed by atoms with Crippen LogP contribution in [-0.2, 0) is 4.79 Å². The van der Waals surface area contributed by atoms with Gasteiger partial charge in [0.25, 0.3) is 0 Å². The van der Waals surface area contributed by atoms with Crippen molar-refractivity contribution in [3.05, 3.63) is 5.57 Å². The van der Waals surface area contributed by atoms with Crippen molar-refractivity contribution in [1.29, 1.82) is 0 Å². The fraction of sp³-hybridized carbons (Fsp3) is 0.800. The lowest BCUT2D eigenvalue weighted by Gasteiger charge is -2.21. The molecular weight excluding hydrogens is 150 g/mol. The summed E-state index contributed by atoms with van der Waals surface area (Å²) in [7, 11) is 0. The average Bonchev–Trinajstić information content (AvgIpc) is 2.67. The fourth-order valence-corrected chi connectivity index (χ4v) is 2.94. The maximum atomic E-state index is 10.6. The summed E-state index contributed by atoms with van der Waals surface area (Å²) in [6, 6.07) is 0. The van der Waals surface area contributed by atoms with Gasteiger partial charge in [-0.2, -0.15) is 0 Å². The first-order valence-electron chi connectivity index (χ1n) is 4.79. The number of fused-ring (bicyclic) bond motifs is 2. The first-order valence-corrected chi connectivity index (χ1v) is 4.79. The molecule has 0 aromatic heterocycles. The van der Waals surface area contributed by atoms with Crippen LogP contribution in [0, 0.1) is 17.8 Å². The molecule has 2 nitrogen and oxygen atoms in total. The van der Waals surface area contributed by atoms with E-state index in [1.54, 1.807) is 0 Å². The van der Waals surface area contributed by atoms with Gasteiger partial charge in [-0.1, -0.05) is 6.42 Å². The second-order valence-electron chi connectivity index (χ2n) is 4.11. The van der Waals surface area contributed by atoms with Crippen molar-refractivity contribution in [3.8, 4) is 0 Å². The Kier molecular flexibility index (Phi) is 2.03. The van der Waals surface area contributed by atoms with Crippen LogP contribution in [0.15, 0.2) is 5.57 Å². The van der Waals surface area contributed by atoms with E-state index in [9.17, 15) is 4.79 Å². The molecule has 0 heterocycles. The molecule has 66 valence electrons. The Labute approximate surface area is 72.8 Å². The molecule has 2 rings (SSSR count). The van der Waals surface area contributed by atoms with Crippen LogP contribution >= 0.6 is 0 Å². The molecule has 0 saturated heterocycles. The van der Waals surface area contributed by atoms with Crippen molar-refractivity contribution in [2.45, 2.75) is 25.7 Å². The molecular formula is C10H15NO. The van der Waals surface area contributed by atoms with Gasteiger partial charge in [0, 0.05) is 12.1 Å². The summed E-state index contributed by atoms with van der Waals surface area (Å²) in [6.45, 7) is 0.414. The van der Waals surface area contributed by atoms with Gasteiger partial charge in [0.05, 0.1) is 0 Å². The zero-order valence-electron chi connectivity index (χ0n) is 7.25. The lowest BCUT2D eigenvalue weighted by atomic mass is 9.84. The third-order valence-corrected chi connectivity index (χ3v) is 3.54. The molecule has 2 heteroatoms. The summed E-state index contributed by atoms with van der Waals surface area (Å²) >= 11 is 0. The molecule has 0 aliphatic heterocycles. The van der Waals surface area contributed by atoms with Crippen molar-refractivity contribution in [1.82, 2.24) is 0 Å². The Balaban J connectivity index is 2.11. The van der Waals surface area contributed by atoms with Gasteiger partial charge in [-0.05, 0) is 37.0 Å². The summed E-state index contributed by atoms with van der Waals surface area (Å²) in [5.41, 5.74) is 6.33. The number of hydrogen-bond acceptors (Lipinski definition) is 2. The van der Waals surface area contributed by atoms with Gasteiger partial charge in [0.2, 0.25) is 0 Å². The van der Waals surface area contributed by atoms with E-state index in [2.05, 4.69) is 0 Å². The second kappa shape index (κ2) is 3.04. The van der Waals surface area contributed by atoms with Gasteiger partial charge in [-0.3, -0.25) is 0 Å². The first kappa shape index (κ1) is 8.03. The minimum absolute atomic E-state index is 0.414. The monoisotopic (exact) mass is 165 g/mol. The third kappa shape index (κ3) is 1.12. The van der Waals surface area contributed by atoms with E-state index >= 15 is 0 Å². The van der Waals surface area contributed by atoms with Crippen LogP contribution in [0.2, 0.25) is 0 Å². The standard InChI is InChI=1S/C10H15NO/c11-5-9(6-12)10-4-7-1-2-8(10)3-7/h7-8,10H,1-5,11H2. The highest BCUT2D eigenvalue weighted by atomic mass is 16.1. The normalized spacial score (nSPS) is 38.2. The zero-order chi connectivity index (χ0) is 8.55. The highest BCUT2D eigenvalue weighted by Gasteiger charge is 2.41. The average molecular weight is 165 g/mol. The molecule has 3 atom stereocenters. The van der Waals surface area contributed by atoms with E-state index in [4.69, 9.17) is 5.73 Å². The number of nitrogens with two attached hydrogens (primary N) is 1. The molecule has 2 fully saturated rings. The van der Waals surface area contributed by atoms with E-state index in [0.29, 0.717) is 12.5 Å². The van der Waals surface area contributed by atoms with E-state index in [1.165, 1.54) is 25.7 Å². The Hall–Kier alpha value is -0.590. The summed E-state index contributed by atoms with van der Waals surface area (Å²) < 4.78 is 0. The fourth-order valence-electron chi connectivity index (χ4n) is 2.94. The van der Waals surface area contributed by atoms with Crippen molar-refractivity contribution in [3.63, 3.8) is 0 Å². The van der Waals surface area contributed by atoms with Crippen molar-refractivity contribution in [2.75, 3.05) is 6.54 Å². The molecule has 2 aliphatic carbocycles. The topological polar surface area (TPSA) is 43.1 Å². The second-order valence-corrected chi connectivity index (χ2v) is 4.11. The van der Waals surface area contributed by atoms with Crippen molar-refractivity contribution >= 4 is 5.94 Å². The molecule has 2 bridgehead atoms. The van der Waals surface area contributed by atoms with Crippen LogP contribution in [-0.4, -0.2) is 12.5 Å². The maximum absolute atomic E-state index is 10.6. The highest BCUT2D eigenvalue weighted by Crippen LogP contribution is 2.50. The summed E-state index contributed by atoms with van der Waals surface area (Å²) in [4.78, 5) is 10.6. The molecule has 3 unspecified atom stereocenters. The van der Waals surface area contributed by atoms with E-state index in [0.717, 1.165) is 17.4 Å². The molecule has 2 aliphatic rings. The van der Waals surface area contributed by atoms with Gasteiger partial charge in [0.15, 0.2) is 0 Å². The van der Waals surface area contributed by atoms with E-state index < -0.39 is 0 Å². The summed E-state index contributed by atoms with van der Waals surface area (Å²) in [5.74, 6) is 4.16. The smallest absolute Gasteiger partial charge is 0.125 e. The van der Waals surface area contributed by atoms with Gasteiger partial charge in [-0.25, -0.2) is 4.79 Å². The van der Waals surface area contributed by atoms with Crippen LogP contribution in [0.1, 0.15) is 25.7 Å². The van der Waals surface area contributed by atoms with Crippen LogP contribution in [0.5, 0.6) is 0 Å². The Morgan fingerprint density at radius 2 is 2.25 bits per heavy atom. The van der Waals surface area contributed by atoms with Gasteiger partial charge < -0.3 is 5.73 Å². The molecule has 0 amide bonds. The van der Waals surface area contributed by atoms with E-state index in [-0.39, 0.29) is 0 Å². The van der Waals surface area contributed by atoms with Gasteiger partial charge in [-0.15, -0.1) is 0 Å². The predicted molar refractivity (Wildman–Crippen MR) is 47.2 cm³/mol. The number of rotatable bonds is 2. The van der Waals surface area contributed by atoms with Crippen LogP contribution in [0.3, 0.4) is 0 Å². The van der Waals surface area contributed by atoms with Crippen molar-refractivity contribution < 1.29 is 4.79 Å². The lowest BCUT2D eigenvalue weighted by Crippen LogP contribution is -2.19. The number of carbonyl (C=O) groups excluding carboxylic acids is 1. The van der Waals surface area contributed by atoms with E-state index in [1.807, 2.05) is 5.94 Å². The van der Waals surface area contributed by atoms with Crippen LogP contribution in [0.25, 0.3) is 0 Å². The Morgan fingerprint density at radius 1 is 1.42 bits per heavy atom. The molecule has 2 N–H and O–H groups in total. The van der Waals surface area contributed by atoms with Crippen LogP contribution < -0.4 is 5.73 Å². The Bertz CT molecular complexity index is 230. The van der Waals surface area contributed by atoms with Gasteiger partial charge >= 0.3 is 0 Å². The molecule has 0 spiro atoms. The maximum Gasteiger partial charge on any atom is 0.125 e. The molecule has 2 saturated carbocycles. The first-order chi connectivity index (χ1) is 5.85. The number of hydrogen-bond donors (Lipinski definition) is 1. The molecule has 12 heavy (non-hydrogen) atoms. The summed E-state index contributed by atoms with van der Waals surface area (Å²) in [6.07, 6.45) is 5.21. The Morgan fingerprint density at radius 3 is 2.67 bits per heavy atom. The molecule has 0 aromatic carbocycles. The van der Waals surface area contributed by atoms with Crippen LogP contribution in [0.4, 0.5) is 0 Å². The zero-order valence-corrected chi connectivity index (χ0v) is 7.25. The largest absolute Gasteiger partial charge is 0.326 e.